The van der Waals surface area contributed by atoms with Crippen molar-refractivity contribution in [2.24, 2.45) is 0 Å². The molecule has 1 N–H and O–H groups in total. The van der Waals surface area contributed by atoms with E-state index in [4.69, 9.17) is 4.74 Å². The first-order valence-corrected chi connectivity index (χ1v) is 5.33. The van der Waals surface area contributed by atoms with Gasteiger partial charge in [-0.1, -0.05) is 18.2 Å². The van der Waals surface area contributed by atoms with E-state index in [0.717, 1.165) is 5.56 Å². The molecule has 1 rings (SSSR count). The highest BCUT2D eigenvalue weighted by Gasteiger charge is 2.02. The maximum atomic E-state index is 11.4. The maximum absolute atomic E-state index is 11.4. The van der Waals surface area contributed by atoms with Gasteiger partial charge in [-0.15, -0.1) is 0 Å². The summed E-state index contributed by atoms with van der Waals surface area (Å²) in [6, 6.07) is 7.30. The van der Waals surface area contributed by atoms with Crippen LogP contribution in [-0.4, -0.2) is 32.6 Å². The number of carbonyl (C=O) groups is 2. The average molecular weight is 249 g/mol. The van der Waals surface area contributed by atoms with Crippen LogP contribution in [0.2, 0.25) is 0 Å². The van der Waals surface area contributed by atoms with Crippen molar-refractivity contribution in [2.45, 2.75) is 0 Å². The van der Waals surface area contributed by atoms with E-state index in [9.17, 15) is 9.59 Å². The van der Waals surface area contributed by atoms with Crippen LogP contribution in [0.1, 0.15) is 5.56 Å². The smallest absolute Gasteiger partial charge is 0.325 e. The van der Waals surface area contributed by atoms with Gasteiger partial charge in [-0.2, -0.15) is 0 Å². The lowest BCUT2D eigenvalue weighted by atomic mass is 10.2. The standard InChI is InChI=1S/C13H15NO4/c1-17-11-6-4-3-5-10(11)7-8-12(15)14-9-13(16)18-2/h3-8H,9H2,1-2H3,(H,14,15)/b8-7+. The second kappa shape index (κ2) is 7.11. The van der Waals surface area contributed by atoms with E-state index >= 15 is 0 Å². The molecule has 5 heteroatoms. The molecule has 0 radical (unpaired) electrons. The summed E-state index contributed by atoms with van der Waals surface area (Å²) < 4.78 is 9.54. The number of benzene rings is 1. The normalized spacial score (nSPS) is 10.1. The quantitative estimate of drug-likeness (QED) is 0.624. The zero-order valence-electron chi connectivity index (χ0n) is 10.3. The van der Waals surface area contributed by atoms with Crippen LogP contribution in [-0.2, 0) is 14.3 Å². The fraction of sp³-hybridized carbons (Fsp3) is 0.231. The second-order valence-corrected chi connectivity index (χ2v) is 3.37. The van der Waals surface area contributed by atoms with Crippen LogP contribution in [0.15, 0.2) is 30.3 Å². The van der Waals surface area contributed by atoms with Gasteiger partial charge in [-0.25, -0.2) is 0 Å². The molecule has 0 unspecified atom stereocenters. The van der Waals surface area contributed by atoms with Gasteiger partial charge in [-0.05, 0) is 12.1 Å². The van der Waals surface area contributed by atoms with Gasteiger partial charge in [0.1, 0.15) is 12.3 Å². The van der Waals surface area contributed by atoms with Crippen molar-refractivity contribution in [2.75, 3.05) is 20.8 Å². The fourth-order valence-corrected chi connectivity index (χ4v) is 1.26. The molecule has 0 saturated carbocycles. The monoisotopic (exact) mass is 249 g/mol. The summed E-state index contributed by atoms with van der Waals surface area (Å²) in [6.07, 6.45) is 2.95. The number of para-hydroxylation sites is 1. The Morgan fingerprint density at radius 3 is 2.67 bits per heavy atom. The van der Waals surface area contributed by atoms with Crippen molar-refractivity contribution in [3.8, 4) is 5.75 Å². The second-order valence-electron chi connectivity index (χ2n) is 3.37. The molecule has 0 aromatic heterocycles. The van der Waals surface area contributed by atoms with E-state index in [-0.39, 0.29) is 12.5 Å². The summed E-state index contributed by atoms with van der Waals surface area (Å²) in [5, 5.41) is 2.40. The highest BCUT2D eigenvalue weighted by Crippen LogP contribution is 2.18. The van der Waals surface area contributed by atoms with Gasteiger partial charge >= 0.3 is 5.97 Å². The van der Waals surface area contributed by atoms with Crippen molar-refractivity contribution in [1.82, 2.24) is 5.32 Å². The van der Waals surface area contributed by atoms with Crippen LogP contribution in [0.4, 0.5) is 0 Å². The first kappa shape index (κ1) is 13.8. The molecule has 0 fully saturated rings. The minimum atomic E-state index is -0.492. The Morgan fingerprint density at radius 2 is 2.00 bits per heavy atom. The van der Waals surface area contributed by atoms with Crippen LogP contribution in [0, 0.1) is 0 Å². The highest BCUT2D eigenvalue weighted by molar-refractivity contribution is 5.93. The van der Waals surface area contributed by atoms with Crippen LogP contribution in [0.5, 0.6) is 5.75 Å². The molecule has 0 aliphatic heterocycles. The molecule has 0 saturated heterocycles. The first-order valence-electron chi connectivity index (χ1n) is 5.33. The number of esters is 1. The number of amides is 1. The number of nitrogens with one attached hydrogen (secondary N) is 1. The average Bonchev–Trinajstić information content (AvgIpc) is 2.42. The van der Waals surface area contributed by atoms with Crippen molar-refractivity contribution >= 4 is 18.0 Å². The molecule has 0 aliphatic rings. The zero-order valence-corrected chi connectivity index (χ0v) is 10.3. The SMILES string of the molecule is COC(=O)CNC(=O)/C=C/c1ccccc1OC. The topological polar surface area (TPSA) is 64.6 Å². The predicted molar refractivity (Wildman–Crippen MR) is 67.1 cm³/mol. The maximum Gasteiger partial charge on any atom is 0.325 e. The summed E-state index contributed by atoms with van der Waals surface area (Å²) in [5.74, 6) is -0.185. The molecule has 96 valence electrons. The van der Waals surface area contributed by atoms with E-state index in [1.165, 1.54) is 13.2 Å². The summed E-state index contributed by atoms with van der Waals surface area (Å²) in [6.45, 7) is -0.147. The molecule has 5 nitrogen and oxygen atoms in total. The van der Waals surface area contributed by atoms with Crippen LogP contribution < -0.4 is 10.1 Å². The lowest BCUT2D eigenvalue weighted by Crippen LogP contribution is -2.28. The molecule has 0 bridgehead atoms. The predicted octanol–water partition coefficient (Wildman–Crippen LogP) is 0.998. The van der Waals surface area contributed by atoms with Crippen molar-refractivity contribution in [3.63, 3.8) is 0 Å². The van der Waals surface area contributed by atoms with Gasteiger partial charge in [0.05, 0.1) is 14.2 Å². The molecule has 18 heavy (non-hydrogen) atoms. The van der Waals surface area contributed by atoms with E-state index in [1.54, 1.807) is 19.3 Å². The Hall–Kier alpha value is -2.30. The molecule has 1 aromatic carbocycles. The van der Waals surface area contributed by atoms with E-state index in [1.807, 2.05) is 18.2 Å². The van der Waals surface area contributed by atoms with Crippen LogP contribution in [0.25, 0.3) is 6.08 Å². The Labute approximate surface area is 105 Å². The molecule has 0 atom stereocenters. The fourth-order valence-electron chi connectivity index (χ4n) is 1.26. The highest BCUT2D eigenvalue weighted by atomic mass is 16.5. The molecule has 1 aromatic rings. The number of ether oxygens (including phenoxy) is 2. The van der Waals surface area contributed by atoms with Gasteiger partial charge in [0.2, 0.25) is 5.91 Å². The Kier molecular flexibility index (Phi) is 5.44. The summed E-state index contributed by atoms with van der Waals surface area (Å²) in [5.41, 5.74) is 0.785. The number of hydrogen-bond donors (Lipinski definition) is 1. The largest absolute Gasteiger partial charge is 0.496 e. The third kappa shape index (κ3) is 4.29. The molecule has 1 amide bonds. The van der Waals surface area contributed by atoms with Crippen molar-refractivity contribution < 1.29 is 19.1 Å². The molecular formula is C13H15NO4. The Bertz CT molecular complexity index is 454. The lowest BCUT2D eigenvalue weighted by molar-refractivity contribution is -0.140. The third-order valence-corrected chi connectivity index (χ3v) is 2.19. The first-order chi connectivity index (χ1) is 8.67. The van der Waals surface area contributed by atoms with E-state index in [0.29, 0.717) is 5.75 Å². The van der Waals surface area contributed by atoms with E-state index < -0.39 is 5.97 Å². The van der Waals surface area contributed by atoms with Crippen molar-refractivity contribution in [1.29, 1.82) is 0 Å². The number of hydrogen-bond acceptors (Lipinski definition) is 4. The zero-order chi connectivity index (χ0) is 13.4. The van der Waals surface area contributed by atoms with Gasteiger partial charge in [-0.3, -0.25) is 9.59 Å². The minimum Gasteiger partial charge on any atom is -0.496 e. The van der Waals surface area contributed by atoms with Gasteiger partial charge < -0.3 is 14.8 Å². The molecule has 0 spiro atoms. The minimum absolute atomic E-state index is 0.147. The number of methoxy groups -OCH3 is 2. The summed E-state index contributed by atoms with van der Waals surface area (Å²) in [7, 11) is 2.82. The van der Waals surface area contributed by atoms with Crippen LogP contribution in [0.3, 0.4) is 0 Å². The Balaban J connectivity index is 2.58. The van der Waals surface area contributed by atoms with Gasteiger partial charge in [0.15, 0.2) is 0 Å². The lowest BCUT2D eigenvalue weighted by Gasteiger charge is -2.03. The van der Waals surface area contributed by atoms with E-state index in [2.05, 4.69) is 10.1 Å². The molecule has 0 heterocycles. The van der Waals surface area contributed by atoms with Gasteiger partial charge in [0, 0.05) is 11.6 Å². The Morgan fingerprint density at radius 1 is 1.28 bits per heavy atom. The summed E-state index contributed by atoms with van der Waals surface area (Å²) >= 11 is 0. The van der Waals surface area contributed by atoms with Crippen LogP contribution >= 0.6 is 0 Å². The third-order valence-electron chi connectivity index (χ3n) is 2.19. The molecular weight excluding hydrogens is 234 g/mol. The number of rotatable bonds is 5. The molecule has 0 aliphatic carbocycles. The van der Waals surface area contributed by atoms with Crippen molar-refractivity contribution in [3.05, 3.63) is 35.9 Å². The summed E-state index contributed by atoms with van der Waals surface area (Å²) in [4.78, 5) is 22.2. The number of carbonyl (C=O) groups excluding carboxylic acids is 2. The van der Waals surface area contributed by atoms with Gasteiger partial charge in [0.25, 0.3) is 0 Å².